The van der Waals surface area contributed by atoms with Crippen LogP contribution in [0, 0.1) is 0 Å². The molecule has 0 aliphatic heterocycles. The predicted molar refractivity (Wildman–Crippen MR) is 68.0 cm³/mol. The van der Waals surface area contributed by atoms with E-state index in [0.717, 1.165) is 5.56 Å². The highest BCUT2D eigenvalue weighted by molar-refractivity contribution is 7.89. The molecular formula is C11H18N2O3S. The highest BCUT2D eigenvalue weighted by atomic mass is 32.2. The Kier molecular flexibility index (Phi) is 4.92. The number of nitrogen functional groups attached to an aromatic ring is 1. The summed E-state index contributed by atoms with van der Waals surface area (Å²) in [6, 6.07) is 7.18. The topological polar surface area (TPSA) is 72.6 Å². The summed E-state index contributed by atoms with van der Waals surface area (Å²) in [6.07, 6.45) is 0. The van der Waals surface area contributed by atoms with Crippen LogP contribution < -0.4 is 5.73 Å². The molecule has 1 aromatic carbocycles. The van der Waals surface area contributed by atoms with E-state index >= 15 is 0 Å². The molecule has 0 atom stereocenters. The fraction of sp³-hybridized carbons (Fsp3) is 0.455. The summed E-state index contributed by atoms with van der Waals surface area (Å²) in [4.78, 5) is 0. The predicted octanol–water partition coefficient (Wildman–Crippen LogP) is 0.677. The highest BCUT2D eigenvalue weighted by Gasteiger charge is 2.17. The van der Waals surface area contributed by atoms with Crippen LogP contribution in [0.5, 0.6) is 0 Å². The molecule has 0 aliphatic carbocycles. The number of anilines is 1. The Bertz CT molecular complexity index is 460. The molecule has 5 nitrogen and oxygen atoms in total. The van der Waals surface area contributed by atoms with E-state index in [0.29, 0.717) is 12.2 Å². The molecule has 1 rings (SSSR count). The van der Waals surface area contributed by atoms with Crippen LogP contribution in [0.3, 0.4) is 0 Å². The molecule has 2 N–H and O–H groups in total. The SMILES string of the molecule is COCCS(=O)(=O)N(C)Cc1cccc(N)c1. The van der Waals surface area contributed by atoms with E-state index in [-0.39, 0.29) is 12.4 Å². The van der Waals surface area contributed by atoms with E-state index in [1.54, 1.807) is 25.2 Å². The van der Waals surface area contributed by atoms with E-state index in [1.165, 1.54) is 11.4 Å². The Morgan fingerprint density at radius 2 is 2.12 bits per heavy atom. The molecule has 6 heteroatoms. The van der Waals surface area contributed by atoms with Gasteiger partial charge in [-0.1, -0.05) is 12.1 Å². The van der Waals surface area contributed by atoms with Crippen molar-refractivity contribution in [3.63, 3.8) is 0 Å². The van der Waals surface area contributed by atoms with Gasteiger partial charge in [0, 0.05) is 26.4 Å². The van der Waals surface area contributed by atoms with Crippen LogP contribution in [0.2, 0.25) is 0 Å². The van der Waals surface area contributed by atoms with E-state index in [9.17, 15) is 8.42 Å². The van der Waals surface area contributed by atoms with E-state index < -0.39 is 10.0 Å². The molecule has 0 spiro atoms. The molecule has 0 aliphatic rings. The summed E-state index contributed by atoms with van der Waals surface area (Å²) in [7, 11) is -0.237. The van der Waals surface area contributed by atoms with Crippen molar-refractivity contribution in [2.75, 3.05) is 32.3 Å². The summed E-state index contributed by atoms with van der Waals surface area (Å²) in [5.41, 5.74) is 7.13. The van der Waals surface area contributed by atoms with Gasteiger partial charge in [-0.05, 0) is 17.7 Å². The molecule has 0 heterocycles. The molecule has 17 heavy (non-hydrogen) atoms. The molecular weight excluding hydrogens is 240 g/mol. The molecule has 0 saturated heterocycles. The Morgan fingerprint density at radius 3 is 2.71 bits per heavy atom. The monoisotopic (exact) mass is 258 g/mol. The first kappa shape index (κ1) is 14.0. The minimum absolute atomic E-state index is 0.0116. The van der Waals surface area contributed by atoms with Crippen LogP contribution in [-0.4, -0.2) is 39.2 Å². The second-order valence-corrected chi connectivity index (χ2v) is 6.01. The zero-order valence-electron chi connectivity index (χ0n) is 10.1. The average Bonchev–Trinajstić information content (AvgIpc) is 2.26. The lowest BCUT2D eigenvalue weighted by Gasteiger charge is -2.17. The maximum absolute atomic E-state index is 11.8. The van der Waals surface area contributed by atoms with Gasteiger partial charge in [-0.25, -0.2) is 12.7 Å². The van der Waals surface area contributed by atoms with E-state index in [4.69, 9.17) is 10.5 Å². The third-order valence-corrected chi connectivity index (χ3v) is 4.14. The van der Waals surface area contributed by atoms with Gasteiger partial charge in [0.25, 0.3) is 0 Å². The number of sulfonamides is 1. The van der Waals surface area contributed by atoms with Gasteiger partial charge in [0.15, 0.2) is 0 Å². The van der Waals surface area contributed by atoms with Crippen molar-refractivity contribution in [2.45, 2.75) is 6.54 Å². The fourth-order valence-electron chi connectivity index (χ4n) is 1.39. The standard InChI is InChI=1S/C11H18N2O3S/c1-13(17(14,15)7-6-16-2)9-10-4-3-5-11(12)8-10/h3-5,8H,6-7,9,12H2,1-2H3. The highest BCUT2D eigenvalue weighted by Crippen LogP contribution is 2.11. The number of nitrogens with two attached hydrogens (primary N) is 1. The van der Waals surface area contributed by atoms with Gasteiger partial charge in [0.05, 0.1) is 12.4 Å². The summed E-state index contributed by atoms with van der Waals surface area (Å²) < 4.78 is 29.7. The average molecular weight is 258 g/mol. The second kappa shape index (κ2) is 6.00. The number of ether oxygens (including phenoxy) is 1. The maximum atomic E-state index is 11.8. The number of hydrogen-bond donors (Lipinski definition) is 1. The lowest BCUT2D eigenvalue weighted by atomic mass is 10.2. The van der Waals surface area contributed by atoms with Crippen LogP contribution >= 0.6 is 0 Å². The van der Waals surface area contributed by atoms with Gasteiger partial charge in [0.2, 0.25) is 10.0 Å². The van der Waals surface area contributed by atoms with Crippen LogP contribution in [0.25, 0.3) is 0 Å². The van der Waals surface area contributed by atoms with Gasteiger partial charge < -0.3 is 10.5 Å². The lowest BCUT2D eigenvalue weighted by Crippen LogP contribution is -2.30. The van der Waals surface area contributed by atoms with Gasteiger partial charge in [-0.2, -0.15) is 0 Å². The third-order valence-electron chi connectivity index (χ3n) is 2.38. The number of nitrogens with zero attached hydrogens (tertiary/aromatic N) is 1. The second-order valence-electron chi connectivity index (χ2n) is 3.81. The smallest absolute Gasteiger partial charge is 0.216 e. The van der Waals surface area contributed by atoms with Gasteiger partial charge >= 0.3 is 0 Å². The first-order valence-corrected chi connectivity index (χ1v) is 6.84. The Balaban J connectivity index is 2.68. The van der Waals surface area contributed by atoms with Crippen molar-refractivity contribution in [1.29, 1.82) is 0 Å². The fourth-order valence-corrected chi connectivity index (χ4v) is 2.43. The first-order chi connectivity index (χ1) is 7.95. The molecule has 0 saturated carbocycles. The quantitative estimate of drug-likeness (QED) is 0.761. The molecule has 1 aromatic rings. The minimum Gasteiger partial charge on any atom is -0.399 e. The van der Waals surface area contributed by atoms with E-state index in [1.807, 2.05) is 6.07 Å². The lowest BCUT2D eigenvalue weighted by molar-refractivity contribution is 0.215. The van der Waals surface area contributed by atoms with Crippen molar-refractivity contribution >= 4 is 15.7 Å². The van der Waals surface area contributed by atoms with Crippen LogP contribution in [0.15, 0.2) is 24.3 Å². The summed E-state index contributed by atoms with van der Waals surface area (Å²) >= 11 is 0. The molecule has 0 fully saturated rings. The zero-order valence-corrected chi connectivity index (χ0v) is 10.9. The van der Waals surface area contributed by atoms with Crippen LogP contribution in [0.1, 0.15) is 5.56 Å². The number of rotatable bonds is 6. The largest absolute Gasteiger partial charge is 0.399 e. The summed E-state index contributed by atoms with van der Waals surface area (Å²) in [5.74, 6) is -0.0116. The molecule has 0 unspecified atom stereocenters. The molecule has 0 bridgehead atoms. The normalized spacial score (nSPS) is 11.9. The van der Waals surface area contributed by atoms with Crippen molar-refractivity contribution in [1.82, 2.24) is 4.31 Å². The Hall–Kier alpha value is -1.11. The Labute approximate surface area is 102 Å². The van der Waals surface area contributed by atoms with Crippen molar-refractivity contribution < 1.29 is 13.2 Å². The first-order valence-electron chi connectivity index (χ1n) is 5.23. The van der Waals surface area contributed by atoms with Gasteiger partial charge in [0.1, 0.15) is 0 Å². The minimum atomic E-state index is -3.27. The van der Waals surface area contributed by atoms with Gasteiger partial charge in [-0.3, -0.25) is 0 Å². The summed E-state index contributed by atoms with van der Waals surface area (Å²) in [5, 5.41) is 0. The van der Waals surface area contributed by atoms with Crippen molar-refractivity contribution in [3.05, 3.63) is 29.8 Å². The molecule has 0 radical (unpaired) electrons. The van der Waals surface area contributed by atoms with Crippen LogP contribution in [0.4, 0.5) is 5.69 Å². The molecule has 96 valence electrons. The third kappa shape index (κ3) is 4.33. The number of methoxy groups -OCH3 is 1. The van der Waals surface area contributed by atoms with Crippen molar-refractivity contribution in [3.8, 4) is 0 Å². The van der Waals surface area contributed by atoms with E-state index in [2.05, 4.69) is 0 Å². The summed E-state index contributed by atoms with van der Waals surface area (Å²) in [6.45, 7) is 0.515. The van der Waals surface area contributed by atoms with Crippen LogP contribution in [-0.2, 0) is 21.3 Å². The molecule has 0 aromatic heterocycles. The number of hydrogen-bond acceptors (Lipinski definition) is 4. The Morgan fingerprint density at radius 1 is 1.41 bits per heavy atom. The maximum Gasteiger partial charge on any atom is 0.216 e. The molecule has 0 amide bonds. The number of benzene rings is 1. The van der Waals surface area contributed by atoms with Crippen molar-refractivity contribution in [2.24, 2.45) is 0 Å². The van der Waals surface area contributed by atoms with Gasteiger partial charge in [-0.15, -0.1) is 0 Å². The zero-order chi connectivity index (χ0) is 12.9.